The van der Waals surface area contributed by atoms with Gasteiger partial charge in [0.15, 0.2) is 0 Å². The third-order valence-corrected chi connectivity index (χ3v) is 3.50. The first kappa shape index (κ1) is 12.5. The van der Waals surface area contributed by atoms with Gasteiger partial charge in [-0.15, -0.1) is 0 Å². The quantitative estimate of drug-likeness (QED) is 0.812. The lowest BCUT2D eigenvalue weighted by Gasteiger charge is -2.38. The van der Waals surface area contributed by atoms with Crippen LogP contribution in [0.4, 0.5) is 4.39 Å². The van der Waals surface area contributed by atoms with Gasteiger partial charge in [-0.2, -0.15) is 0 Å². The van der Waals surface area contributed by atoms with E-state index < -0.39 is 0 Å². The van der Waals surface area contributed by atoms with Crippen molar-refractivity contribution in [2.75, 3.05) is 6.54 Å². The molecule has 0 radical (unpaired) electrons. The SMILES string of the molecule is CC(C)(C)N1CCC(N)C1c1cccc(F)c1. The lowest BCUT2D eigenvalue weighted by atomic mass is 9.97. The summed E-state index contributed by atoms with van der Waals surface area (Å²) < 4.78 is 13.3. The smallest absolute Gasteiger partial charge is 0.123 e. The van der Waals surface area contributed by atoms with Crippen LogP contribution >= 0.6 is 0 Å². The minimum Gasteiger partial charge on any atom is -0.326 e. The normalized spacial score (nSPS) is 26.4. The number of hydrogen-bond acceptors (Lipinski definition) is 2. The number of hydrogen-bond donors (Lipinski definition) is 1. The van der Waals surface area contributed by atoms with Crippen molar-refractivity contribution < 1.29 is 4.39 Å². The Kier molecular flexibility index (Phi) is 3.23. The summed E-state index contributed by atoms with van der Waals surface area (Å²) in [6.07, 6.45) is 0.971. The summed E-state index contributed by atoms with van der Waals surface area (Å²) >= 11 is 0. The highest BCUT2D eigenvalue weighted by atomic mass is 19.1. The van der Waals surface area contributed by atoms with E-state index in [0.29, 0.717) is 0 Å². The van der Waals surface area contributed by atoms with E-state index in [1.54, 1.807) is 12.1 Å². The molecule has 1 heterocycles. The summed E-state index contributed by atoms with van der Waals surface area (Å²) in [5.41, 5.74) is 7.24. The average molecular weight is 236 g/mol. The fraction of sp³-hybridized carbons (Fsp3) is 0.571. The predicted molar refractivity (Wildman–Crippen MR) is 68.2 cm³/mol. The first-order chi connectivity index (χ1) is 7.89. The zero-order chi connectivity index (χ0) is 12.6. The number of likely N-dealkylation sites (tertiary alicyclic amines) is 1. The largest absolute Gasteiger partial charge is 0.326 e. The van der Waals surface area contributed by atoms with E-state index in [4.69, 9.17) is 5.73 Å². The Morgan fingerprint density at radius 3 is 2.65 bits per heavy atom. The van der Waals surface area contributed by atoms with Crippen molar-refractivity contribution in [3.8, 4) is 0 Å². The lowest BCUT2D eigenvalue weighted by Crippen LogP contribution is -2.43. The molecule has 2 rings (SSSR count). The minimum atomic E-state index is -0.185. The lowest BCUT2D eigenvalue weighted by molar-refractivity contribution is 0.117. The van der Waals surface area contributed by atoms with E-state index in [0.717, 1.165) is 18.5 Å². The van der Waals surface area contributed by atoms with Gasteiger partial charge in [0.25, 0.3) is 0 Å². The van der Waals surface area contributed by atoms with Crippen molar-refractivity contribution in [1.82, 2.24) is 4.90 Å². The van der Waals surface area contributed by atoms with Crippen molar-refractivity contribution >= 4 is 0 Å². The number of nitrogens with two attached hydrogens (primary N) is 1. The molecule has 2 nitrogen and oxygen atoms in total. The molecule has 1 aromatic rings. The molecule has 0 saturated carbocycles. The summed E-state index contributed by atoms with van der Waals surface area (Å²) in [5, 5.41) is 0. The van der Waals surface area contributed by atoms with Crippen LogP contribution in [0.2, 0.25) is 0 Å². The van der Waals surface area contributed by atoms with Gasteiger partial charge in [-0.1, -0.05) is 12.1 Å². The minimum absolute atomic E-state index is 0.0606. The molecule has 94 valence electrons. The summed E-state index contributed by atoms with van der Waals surface area (Å²) in [6, 6.07) is 7.04. The van der Waals surface area contributed by atoms with Crippen LogP contribution in [0.15, 0.2) is 24.3 Å². The Labute approximate surface area is 103 Å². The van der Waals surface area contributed by atoms with Crippen LogP contribution in [0.1, 0.15) is 38.8 Å². The molecule has 1 aliphatic rings. The first-order valence-electron chi connectivity index (χ1n) is 6.17. The summed E-state index contributed by atoms with van der Waals surface area (Å²) in [4.78, 5) is 2.37. The Bertz CT molecular complexity index is 397. The van der Waals surface area contributed by atoms with Gasteiger partial charge in [-0.25, -0.2) is 4.39 Å². The van der Waals surface area contributed by atoms with Crippen molar-refractivity contribution in [2.24, 2.45) is 5.73 Å². The van der Waals surface area contributed by atoms with Crippen molar-refractivity contribution in [3.63, 3.8) is 0 Å². The standard InChI is InChI=1S/C14H21FN2/c1-14(2,3)17-8-7-12(16)13(17)10-5-4-6-11(15)9-10/h4-6,9,12-13H,7-8,16H2,1-3H3. The maximum absolute atomic E-state index is 13.3. The molecule has 3 heteroatoms. The number of nitrogens with zero attached hydrogens (tertiary/aromatic N) is 1. The summed E-state index contributed by atoms with van der Waals surface area (Å²) in [5.74, 6) is -0.185. The Morgan fingerprint density at radius 2 is 2.06 bits per heavy atom. The van der Waals surface area contributed by atoms with Gasteiger partial charge in [0, 0.05) is 18.1 Å². The topological polar surface area (TPSA) is 29.3 Å². The van der Waals surface area contributed by atoms with E-state index in [1.807, 2.05) is 6.07 Å². The van der Waals surface area contributed by atoms with E-state index in [2.05, 4.69) is 25.7 Å². The van der Waals surface area contributed by atoms with E-state index in [9.17, 15) is 4.39 Å². The van der Waals surface area contributed by atoms with Crippen LogP contribution in [0.25, 0.3) is 0 Å². The number of halogens is 1. The fourth-order valence-corrected chi connectivity index (χ4v) is 2.69. The third-order valence-electron chi connectivity index (χ3n) is 3.50. The highest BCUT2D eigenvalue weighted by Gasteiger charge is 2.38. The molecule has 1 fully saturated rings. The van der Waals surface area contributed by atoms with Crippen LogP contribution in [0.3, 0.4) is 0 Å². The molecule has 1 aliphatic heterocycles. The molecule has 0 amide bonds. The maximum Gasteiger partial charge on any atom is 0.123 e. The number of benzene rings is 1. The van der Waals surface area contributed by atoms with Crippen molar-refractivity contribution in [1.29, 1.82) is 0 Å². The second-order valence-corrected chi connectivity index (χ2v) is 5.82. The zero-order valence-electron chi connectivity index (χ0n) is 10.8. The molecule has 0 spiro atoms. The van der Waals surface area contributed by atoms with Crippen LogP contribution in [-0.2, 0) is 0 Å². The molecule has 0 bridgehead atoms. The first-order valence-corrected chi connectivity index (χ1v) is 6.17. The van der Waals surface area contributed by atoms with Crippen LogP contribution < -0.4 is 5.73 Å². The second kappa shape index (κ2) is 4.39. The summed E-state index contributed by atoms with van der Waals surface area (Å²) in [7, 11) is 0. The van der Waals surface area contributed by atoms with Gasteiger partial charge in [-0.05, 0) is 44.9 Å². The van der Waals surface area contributed by atoms with Crippen LogP contribution in [0.5, 0.6) is 0 Å². The maximum atomic E-state index is 13.3. The van der Waals surface area contributed by atoms with Crippen molar-refractivity contribution in [2.45, 2.75) is 44.8 Å². The molecule has 0 aromatic heterocycles. The summed E-state index contributed by atoms with van der Waals surface area (Å²) in [6.45, 7) is 7.51. The van der Waals surface area contributed by atoms with Gasteiger partial charge < -0.3 is 5.73 Å². The highest BCUT2D eigenvalue weighted by molar-refractivity contribution is 5.24. The molecule has 1 saturated heterocycles. The Balaban J connectivity index is 2.34. The molecule has 2 N–H and O–H groups in total. The average Bonchev–Trinajstić information content (AvgIpc) is 2.59. The van der Waals surface area contributed by atoms with Gasteiger partial charge >= 0.3 is 0 Å². The Morgan fingerprint density at radius 1 is 1.35 bits per heavy atom. The third kappa shape index (κ3) is 2.50. The van der Waals surface area contributed by atoms with Crippen LogP contribution in [0, 0.1) is 5.82 Å². The molecule has 17 heavy (non-hydrogen) atoms. The van der Waals surface area contributed by atoms with Crippen LogP contribution in [-0.4, -0.2) is 23.0 Å². The molecular formula is C14H21FN2. The van der Waals surface area contributed by atoms with Gasteiger partial charge in [0.05, 0.1) is 6.04 Å². The highest BCUT2D eigenvalue weighted by Crippen LogP contribution is 2.36. The van der Waals surface area contributed by atoms with Gasteiger partial charge in [0.1, 0.15) is 5.82 Å². The molecule has 2 atom stereocenters. The molecular weight excluding hydrogens is 215 g/mol. The number of rotatable bonds is 1. The van der Waals surface area contributed by atoms with E-state index in [1.165, 1.54) is 6.07 Å². The Hall–Kier alpha value is -0.930. The van der Waals surface area contributed by atoms with Gasteiger partial charge in [-0.3, -0.25) is 4.90 Å². The van der Waals surface area contributed by atoms with E-state index >= 15 is 0 Å². The molecule has 0 aliphatic carbocycles. The monoisotopic (exact) mass is 236 g/mol. The molecule has 1 aromatic carbocycles. The van der Waals surface area contributed by atoms with Crippen molar-refractivity contribution in [3.05, 3.63) is 35.6 Å². The van der Waals surface area contributed by atoms with E-state index in [-0.39, 0.29) is 23.4 Å². The predicted octanol–water partition coefficient (Wildman–Crippen LogP) is 2.70. The van der Waals surface area contributed by atoms with Gasteiger partial charge in [0.2, 0.25) is 0 Å². The fourth-order valence-electron chi connectivity index (χ4n) is 2.69. The zero-order valence-corrected chi connectivity index (χ0v) is 10.8. The second-order valence-electron chi connectivity index (χ2n) is 5.82. The molecule has 2 unspecified atom stereocenters.